The molecule has 0 fully saturated rings. The lowest BCUT2D eigenvalue weighted by atomic mass is 10.1. The van der Waals surface area contributed by atoms with Crippen molar-refractivity contribution in [2.45, 2.75) is 59.1 Å². The van der Waals surface area contributed by atoms with Crippen LogP contribution in [0.15, 0.2) is 36.4 Å². The van der Waals surface area contributed by atoms with E-state index < -0.39 is 11.6 Å². The molecule has 0 saturated carbocycles. The zero-order valence-electron chi connectivity index (χ0n) is 19.6. The van der Waals surface area contributed by atoms with Gasteiger partial charge in [0.05, 0.1) is 17.3 Å². The summed E-state index contributed by atoms with van der Waals surface area (Å²) in [5.41, 5.74) is 1.06. The lowest BCUT2D eigenvalue weighted by Crippen LogP contribution is -2.38. The molecule has 33 heavy (non-hydrogen) atoms. The Morgan fingerprint density at radius 3 is 2.45 bits per heavy atom. The number of aliphatic carboxylic acids is 1. The minimum absolute atomic E-state index is 0.157. The third-order valence-corrected chi connectivity index (χ3v) is 5.72. The van der Waals surface area contributed by atoms with Crippen LogP contribution in [0.25, 0.3) is 0 Å². The van der Waals surface area contributed by atoms with E-state index in [0.29, 0.717) is 28.0 Å². The van der Waals surface area contributed by atoms with Crippen molar-refractivity contribution >= 4 is 40.8 Å². The Labute approximate surface area is 205 Å². The van der Waals surface area contributed by atoms with Crippen molar-refractivity contribution in [1.82, 2.24) is 4.90 Å². The predicted octanol–water partition coefficient (Wildman–Crippen LogP) is 6.17. The maximum Gasteiger partial charge on any atom is 0.347 e. The number of unbranched alkanes of at least 4 members (excludes halogenated alkanes) is 2. The molecule has 0 atom stereocenters. The molecule has 2 aromatic rings. The maximum absolute atomic E-state index is 12.7. The number of nitrogens with zero attached hydrogens (tertiary/aromatic N) is 1. The molecule has 180 valence electrons. The first-order valence-corrected chi connectivity index (χ1v) is 11.8. The summed E-state index contributed by atoms with van der Waals surface area (Å²) in [6, 6.07) is 10.6. The number of rotatable bonds is 12. The summed E-state index contributed by atoms with van der Waals surface area (Å²) in [5.74, 6) is -0.658. The van der Waals surface area contributed by atoms with Gasteiger partial charge in [0.1, 0.15) is 5.75 Å². The number of hydrogen-bond donors (Lipinski definition) is 2. The van der Waals surface area contributed by atoms with Crippen molar-refractivity contribution in [3.05, 3.63) is 57.6 Å². The molecule has 1 amide bonds. The molecule has 0 radical (unpaired) electrons. The second-order valence-electron chi connectivity index (χ2n) is 8.61. The highest BCUT2D eigenvalue weighted by Crippen LogP contribution is 2.26. The van der Waals surface area contributed by atoms with E-state index >= 15 is 0 Å². The van der Waals surface area contributed by atoms with Gasteiger partial charge in [0, 0.05) is 11.6 Å². The number of ether oxygens (including phenoxy) is 1. The van der Waals surface area contributed by atoms with Gasteiger partial charge in [-0.05, 0) is 69.1 Å². The minimum Gasteiger partial charge on any atom is -0.478 e. The molecule has 0 bridgehead atoms. The fourth-order valence-corrected chi connectivity index (χ4v) is 3.74. The summed E-state index contributed by atoms with van der Waals surface area (Å²) in [7, 11) is 0. The van der Waals surface area contributed by atoms with E-state index in [-0.39, 0.29) is 12.5 Å². The molecule has 6 nitrogen and oxygen atoms in total. The number of aryl methyl sites for hydroxylation is 1. The number of nitrogens with one attached hydrogen (secondary N) is 1. The molecule has 2 N–H and O–H groups in total. The molecule has 0 saturated heterocycles. The smallest absolute Gasteiger partial charge is 0.347 e. The number of carboxylic acids is 1. The molecule has 0 unspecified atom stereocenters. The van der Waals surface area contributed by atoms with Crippen molar-refractivity contribution in [2.24, 2.45) is 0 Å². The van der Waals surface area contributed by atoms with Crippen LogP contribution in [0.4, 0.5) is 5.69 Å². The van der Waals surface area contributed by atoms with Gasteiger partial charge < -0.3 is 15.2 Å². The van der Waals surface area contributed by atoms with Gasteiger partial charge in [-0.2, -0.15) is 0 Å². The number of benzene rings is 2. The molecule has 2 rings (SSSR count). The molecule has 8 heteroatoms. The average molecular weight is 495 g/mol. The van der Waals surface area contributed by atoms with Crippen LogP contribution in [0.5, 0.6) is 5.75 Å². The molecule has 0 aliphatic heterocycles. The fourth-order valence-electron chi connectivity index (χ4n) is 3.28. The van der Waals surface area contributed by atoms with Crippen molar-refractivity contribution in [2.75, 3.05) is 18.4 Å². The number of amides is 1. The topological polar surface area (TPSA) is 78.9 Å². The number of hydrogen-bond acceptors (Lipinski definition) is 4. The molecule has 0 aliphatic carbocycles. The third kappa shape index (κ3) is 8.54. The monoisotopic (exact) mass is 494 g/mol. The van der Waals surface area contributed by atoms with E-state index in [1.807, 2.05) is 19.1 Å². The Kier molecular flexibility index (Phi) is 10.0. The molecule has 0 spiro atoms. The Morgan fingerprint density at radius 1 is 1.12 bits per heavy atom. The van der Waals surface area contributed by atoms with Gasteiger partial charge in [0.15, 0.2) is 5.60 Å². The second-order valence-corrected chi connectivity index (χ2v) is 9.45. The van der Waals surface area contributed by atoms with Crippen LogP contribution in [-0.4, -0.2) is 40.6 Å². The lowest BCUT2D eigenvalue weighted by Gasteiger charge is -2.24. The quantitative estimate of drug-likeness (QED) is 0.344. The maximum atomic E-state index is 12.7. The van der Waals surface area contributed by atoms with Crippen LogP contribution < -0.4 is 10.1 Å². The second kappa shape index (κ2) is 12.3. The predicted molar refractivity (Wildman–Crippen MR) is 133 cm³/mol. The van der Waals surface area contributed by atoms with E-state index in [9.17, 15) is 14.7 Å². The molecular formula is C25H32Cl2N2O4. The van der Waals surface area contributed by atoms with Gasteiger partial charge in [-0.25, -0.2) is 4.79 Å². The van der Waals surface area contributed by atoms with Crippen LogP contribution in [0, 0.1) is 6.92 Å². The standard InChI is InChI=1S/C25H32Cl2N2O4/c1-5-6-7-12-29(16-23(30)28-21-10-9-19(26)14-20(21)27)15-18-8-11-22(17(2)13-18)33-25(3,4)24(31)32/h8-11,13-14H,5-7,12,15-16H2,1-4H3,(H,28,30)(H,31,32). The highest BCUT2D eigenvalue weighted by Gasteiger charge is 2.30. The Hall–Kier alpha value is -2.28. The minimum atomic E-state index is -1.32. The van der Waals surface area contributed by atoms with Gasteiger partial charge in [0.2, 0.25) is 5.91 Å². The fraction of sp³-hybridized carbons (Fsp3) is 0.440. The number of carboxylic acid groups (broad SMARTS) is 1. The summed E-state index contributed by atoms with van der Waals surface area (Å²) in [6.45, 7) is 8.63. The van der Waals surface area contributed by atoms with E-state index in [1.54, 1.807) is 24.3 Å². The summed E-state index contributed by atoms with van der Waals surface area (Å²) in [5, 5.41) is 13.1. The number of anilines is 1. The van der Waals surface area contributed by atoms with Crippen LogP contribution >= 0.6 is 23.2 Å². The Bertz CT molecular complexity index is 979. The van der Waals surface area contributed by atoms with E-state index in [4.69, 9.17) is 27.9 Å². The third-order valence-electron chi connectivity index (χ3n) is 5.18. The molecular weight excluding hydrogens is 463 g/mol. The van der Waals surface area contributed by atoms with Crippen molar-refractivity contribution in [3.8, 4) is 5.75 Å². The van der Waals surface area contributed by atoms with Crippen molar-refractivity contribution < 1.29 is 19.4 Å². The van der Waals surface area contributed by atoms with Gasteiger partial charge in [-0.1, -0.05) is 55.1 Å². The summed E-state index contributed by atoms with van der Waals surface area (Å²) < 4.78 is 5.68. The number of carbonyl (C=O) groups excluding carboxylic acids is 1. The molecule has 0 aromatic heterocycles. The summed E-state index contributed by atoms with van der Waals surface area (Å²) in [4.78, 5) is 26.2. The number of carbonyl (C=O) groups is 2. The highest BCUT2D eigenvalue weighted by molar-refractivity contribution is 6.36. The normalized spacial score (nSPS) is 11.5. The largest absolute Gasteiger partial charge is 0.478 e. The SMILES string of the molecule is CCCCCN(CC(=O)Nc1ccc(Cl)cc1Cl)Cc1ccc(OC(C)(C)C(=O)O)c(C)c1. The summed E-state index contributed by atoms with van der Waals surface area (Å²) in [6.07, 6.45) is 3.15. The van der Waals surface area contributed by atoms with Crippen LogP contribution in [0.1, 0.15) is 51.2 Å². The zero-order valence-corrected chi connectivity index (χ0v) is 21.1. The van der Waals surface area contributed by atoms with E-state index in [1.165, 1.54) is 13.8 Å². The van der Waals surface area contributed by atoms with Gasteiger partial charge in [-0.15, -0.1) is 0 Å². The molecule has 0 aliphatic rings. The van der Waals surface area contributed by atoms with Crippen LogP contribution in [-0.2, 0) is 16.1 Å². The van der Waals surface area contributed by atoms with E-state index in [2.05, 4.69) is 17.1 Å². The first-order chi connectivity index (χ1) is 15.5. The molecule has 0 heterocycles. The van der Waals surface area contributed by atoms with Crippen molar-refractivity contribution in [3.63, 3.8) is 0 Å². The lowest BCUT2D eigenvalue weighted by molar-refractivity contribution is -0.152. The van der Waals surface area contributed by atoms with Gasteiger partial charge >= 0.3 is 5.97 Å². The average Bonchev–Trinajstić information content (AvgIpc) is 2.72. The Morgan fingerprint density at radius 2 is 1.85 bits per heavy atom. The first kappa shape index (κ1) is 27.0. The van der Waals surface area contributed by atoms with Crippen LogP contribution in [0.3, 0.4) is 0 Å². The molecule has 2 aromatic carbocycles. The van der Waals surface area contributed by atoms with Gasteiger partial charge in [0.25, 0.3) is 0 Å². The summed E-state index contributed by atoms with van der Waals surface area (Å²) >= 11 is 12.1. The van der Waals surface area contributed by atoms with Gasteiger partial charge in [-0.3, -0.25) is 9.69 Å². The van der Waals surface area contributed by atoms with Crippen LogP contribution in [0.2, 0.25) is 10.0 Å². The first-order valence-electron chi connectivity index (χ1n) is 11.0. The number of halogens is 2. The zero-order chi connectivity index (χ0) is 24.6. The Balaban J connectivity index is 2.09. The highest BCUT2D eigenvalue weighted by atomic mass is 35.5. The van der Waals surface area contributed by atoms with Crippen molar-refractivity contribution in [1.29, 1.82) is 0 Å². The van der Waals surface area contributed by atoms with E-state index in [0.717, 1.165) is 36.9 Å².